The van der Waals surface area contributed by atoms with Crippen LogP contribution in [0.5, 0.6) is 5.75 Å². The van der Waals surface area contributed by atoms with Gasteiger partial charge in [0.15, 0.2) is 24.1 Å². The lowest BCUT2D eigenvalue weighted by atomic mass is 10.3. The third-order valence-electron chi connectivity index (χ3n) is 2.62. The van der Waals surface area contributed by atoms with Crippen molar-refractivity contribution in [1.82, 2.24) is 0 Å². The molecule has 0 bridgehead atoms. The van der Waals surface area contributed by atoms with Gasteiger partial charge < -0.3 is 14.5 Å². The summed E-state index contributed by atoms with van der Waals surface area (Å²) in [5, 5.41) is 2.12. The minimum atomic E-state index is -1.63. The molecule has 0 fully saturated rings. The van der Waals surface area contributed by atoms with Crippen molar-refractivity contribution < 1.29 is 27.1 Å². The number of amides is 1. The van der Waals surface area contributed by atoms with Gasteiger partial charge in [-0.2, -0.15) is 0 Å². The first-order valence-electron chi connectivity index (χ1n) is 6.04. The van der Waals surface area contributed by atoms with Gasteiger partial charge in [0.05, 0.1) is 6.26 Å². The van der Waals surface area contributed by atoms with E-state index in [4.69, 9.17) is 9.15 Å². The van der Waals surface area contributed by atoms with E-state index in [0.29, 0.717) is 12.1 Å². The molecule has 1 aromatic carbocycles. The van der Waals surface area contributed by atoms with Crippen molar-refractivity contribution in [3.05, 3.63) is 57.9 Å². The summed E-state index contributed by atoms with van der Waals surface area (Å²) in [5.41, 5.74) is -0.753. The number of rotatable bonds is 4. The van der Waals surface area contributed by atoms with Gasteiger partial charge in [0, 0.05) is 23.9 Å². The Morgan fingerprint density at radius 2 is 1.91 bits per heavy atom. The van der Waals surface area contributed by atoms with Crippen molar-refractivity contribution in [2.45, 2.75) is 6.92 Å². The average Bonchev–Trinajstić information content (AvgIpc) is 2.44. The molecule has 0 atom stereocenters. The molecule has 8 heteroatoms. The highest BCUT2D eigenvalue weighted by Gasteiger charge is 2.13. The van der Waals surface area contributed by atoms with E-state index in [2.05, 4.69) is 5.32 Å². The topological polar surface area (TPSA) is 68.5 Å². The SMILES string of the molecule is Cc1occc(=O)c1OCC(=O)Nc1cc(F)c(F)c(F)c1. The summed E-state index contributed by atoms with van der Waals surface area (Å²) in [6, 6.07) is 2.36. The van der Waals surface area contributed by atoms with Gasteiger partial charge in [-0.3, -0.25) is 9.59 Å². The van der Waals surface area contributed by atoms with Crippen LogP contribution in [0.2, 0.25) is 0 Å². The number of nitrogens with one attached hydrogen (secondary N) is 1. The van der Waals surface area contributed by atoms with Gasteiger partial charge in [-0.1, -0.05) is 0 Å². The number of hydrogen-bond acceptors (Lipinski definition) is 4. The van der Waals surface area contributed by atoms with Crippen molar-refractivity contribution in [3.63, 3.8) is 0 Å². The van der Waals surface area contributed by atoms with Crippen molar-refractivity contribution in [2.75, 3.05) is 11.9 Å². The molecular formula is C14H10F3NO4. The monoisotopic (exact) mass is 313 g/mol. The predicted molar refractivity (Wildman–Crippen MR) is 70.2 cm³/mol. The molecule has 5 nitrogen and oxygen atoms in total. The third-order valence-corrected chi connectivity index (χ3v) is 2.62. The van der Waals surface area contributed by atoms with E-state index in [1.807, 2.05) is 0 Å². The Labute approximate surface area is 122 Å². The summed E-state index contributed by atoms with van der Waals surface area (Å²) in [4.78, 5) is 23.1. The van der Waals surface area contributed by atoms with Crippen LogP contribution in [0, 0.1) is 24.4 Å². The van der Waals surface area contributed by atoms with Crippen LogP contribution in [0.15, 0.2) is 33.7 Å². The molecule has 0 saturated carbocycles. The number of carbonyl (C=O) groups is 1. The summed E-state index contributed by atoms with van der Waals surface area (Å²) < 4.78 is 48.7. The predicted octanol–water partition coefficient (Wildman–Crippen LogP) is 2.38. The number of carbonyl (C=O) groups excluding carboxylic acids is 1. The molecule has 1 heterocycles. The summed E-state index contributed by atoms with van der Waals surface area (Å²) in [6.07, 6.45) is 1.18. The third kappa shape index (κ3) is 3.46. The van der Waals surface area contributed by atoms with Crippen LogP contribution in [0.3, 0.4) is 0 Å². The number of halogens is 3. The molecule has 0 saturated heterocycles. The Morgan fingerprint density at radius 1 is 1.27 bits per heavy atom. The zero-order chi connectivity index (χ0) is 16.3. The first-order valence-corrected chi connectivity index (χ1v) is 6.04. The molecule has 0 spiro atoms. The molecule has 22 heavy (non-hydrogen) atoms. The minimum absolute atomic E-state index is 0.144. The molecule has 2 aromatic rings. The Bertz CT molecular complexity index is 750. The zero-order valence-corrected chi connectivity index (χ0v) is 11.3. The Morgan fingerprint density at radius 3 is 2.50 bits per heavy atom. The summed E-state index contributed by atoms with van der Waals surface area (Å²) >= 11 is 0. The second kappa shape index (κ2) is 6.33. The maximum Gasteiger partial charge on any atom is 0.262 e. The second-order valence-electron chi connectivity index (χ2n) is 4.26. The molecule has 1 aromatic heterocycles. The number of benzene rings is 1. The molecule has 0 aliphatic heterocycles. The van der Waals surface area contributed by atoms with E-state index in [0.717, 1.165) is 6.07 Å². The van der Waals surface area contributed by atoms with E-state index >= 15 is 0 Å². The van der Waals surface area contributed by atoms with E-state index in [-0.39, 0.29) is 17.2 Å². The Hall–Kier alpha value is -2.77. The fourth-order valence-electron chi connectivity index (χ4n) is 1.64. The first-order chi connectivity index (χ1) is 10.4. The molecule has 0 aliphatic rings. The molecule has 116 valence electrons. The molecule has 0 aliphatic carbocycles. The van der Waals surface area contributed by atoms with Crippen molar-refractivity contribution >= 4 is 11.6 Å². The Kier molecular flexibility index (Phi) is 4.50. The normalized spacial score (nSPS) is 10.4. The van der Waals surface area contributed by atoms with Crippen LogP contribution in [-0.2, 0) is 4.79 Å². The zero-order valence-electron chi connectivity index (χ0n) is 11.3. The van der Waals surface area contributed by atoms with Crippen LogP contribution < -0.4 is 15.5 Å². The van der Waals surface area contributed by atoms with Gasteiger partial charge in [-0.25, -0.2) is 13.2 Å². The van der Waals surface area contributed by atoms with E-state index in [1.165, 1.54) is 13.2 Å². The summed E-state index contributed by atoms with van der Waals surface area (Å²) in [6.45, 7) is 0.885. The Balaban J connectivity index is 2.04. The lowest BCUT2D eigenvalue weighted by molar-refractivity contribution is -0.118. The maximum atomic E-state index is 13.0. The van der Waals surface area contributed by atoms with Crippen LogP contribution in [-0.4, -0.2) is 12.5 Å². The number of aryl methyl sites for hydroxylation is 1. The van der Waals surface area contributed by atoms with E-state index in [1.54, 1.807) is 0 Å². The van der Waals surface area contributed by atoms with Gasteiger partial charge in [0.1, 0.15) is 5.76 Å². The van der Waals surface area contributed by atoms with Crippen LogP contribution in [0.1, 0.15) is 5.76 Å². The first kappa shape index (κ1) is 15.6. The second-order valence-corrected chi connectivity index (χ2v) is 4.26. The lowest BCUT2D eigenvalue weighted by Gasteiger charge is -2.08. The fraction of sp³-hybridized carbons (Fsp3) is 0.143. The highest BCUT2D eigenvalue weighted by atomic mass is 19.2. The fourth-order valence-corrected chi connectivity index (χ4v) is 1.64. The largest absolute Gasteiger partial charge is 0.476 e. The quantitative estimate of drug-likeness (QED) is 0.880. The highest BCUT2D eigenvalue weighted by Crippen LogP contribution is 2.17. The van der Waals surface area contributed by atoms with Crippen LogP contribution >= 0.6 is 0 Å². The summed E-state index contributed by atoms with van der Waals surface area (Å²) in [5.74, 6) is -5.25. The van der Waals surface area contributed by atoms with E-state index < -0.39 is 35.4 Å². The maximum absolute atomic E-state index is 13.0. The molecule has 1 amide bonds. The number of anilines is 1. The van der Waals surface area contributed by atoms with Gasteiger partial charge in [0.25, 0.3) is 5.91 Å². The van der Waals surface area contributed by atoms with Gasteiger partial charge >= 0.3 is 0 Å². The van der Waals surface area contributed by atoms with Gasteiger partial charge in [0.2, 0.25) is 11.2 Å². The minimum Gasteiger partial charge on any atom is -0.476 e. The molecular weight excluding hydrogens is 303 g/mol. The van der Waals surface area contributed by atoms with Crippen molar-refractivity contribution in [2.24, 2.45) is 0 Å². The van der Waals surface area contributed by atoms with Crippen LogP contribution in [0.25, 0.3) is 0 Å². The lowest BCUT2D eigenvalue weighted by Crippen LogP contribution is -2.22. The van der Waals surface area contributed by atoms with Crippen molar-refractivity contribution in [3.8, 4) is 5.75 Å². The molecule has 1 N–H and O–H groups in total. The standard InChI is InChI=1S/C14H10F3NO4/c1-7-14(11(19)2-3-21-7)22-6-12(20)18-8-4-9(15)13(17)10(16)5-8/h2-5H,6H2,1H3,(H,18,20). The number of ether oxygens (including phenoxy) is 1. The molecule has 0 unspecified atom stereocenters. The highest BCUT2D eigenvalue weighted by molar-refractivity contribution is 5.91. The smallest absolute Gasteiger partial charge is 0.262 e. The van der Waals surface area contributed by atoms with E-state index in [9.17, 15) is 22.8 Å². The molecule has 0 radical (unpaired) electrons. The summed E-state index contributed by atoms with van der Waals surface area (Å²) in [7, 11) is 0. The average molecular weight is 313 g/mol. The van der Waals surface area contributed by atoms with Gasteiger partial charge in [-0.15, -0.1) is 0 Å². The van der Waals surface area contributed by atoms with Crippen LogP contribution in [0.4, 0.5) is 18.9 Å². The van der Waals surface area contributed by atoms with Crippen molar-refractivity contribution in [1.29, 1.82) is 0 Å². The number of hydrogen-bond donors (Lipinski definition) is 1. The molecule has 2 rings (SSSR count). The van der Waals surface area contributed by atoms with Gasteiger partial charge in [-0.05, 0) is 6.92 Å².